The molecule has 2 nitrogen and oxygen atoms in total. The minimum Gasteiger partial charge on any atom is -0.432 e. The monoisotopic (exact) mass is 320 g/mol. The Balaban J connectivity index is 4.84. The van der Waals surface area contributed by atoms with Gasteiger partial charge in [-0.05, 0) is 35.5 Å². The smallest absolute Gasteiger partial charge is 0.185 e. The first kappa shape index (κ1) is 18.8. The van der Waals surface area contributed by atoms with Crippen molar-refractivity contribution < 1.29 is 9.59 Å². The summed E-state index contributed by atoms with van der Waals surface area (Å²) in [5.41, 5.74) is 0. The summed E-state index contributed by atoms with van der Waals surface area (Å²) in [6.45, 7) is 17.8. The van der Waals surface area contributed by atoms with Crippen LogP contribution in [0, 0.1) is 0 Å². The van der Waals surface area contributed by atoms with E-state index in [2.05, 4.69) is 53.9 Å². The van der Waals surface area contributed by atoms with Gasteiger partial charge in [-0.2, -0.15) is 0 Å². The van der Waals surface area contributed by atoms with E-state index in [1.54, 1.807) is 0 Å². The fraction of sp³-hybridized carbons (Fsp3) is 1.00. The van der Waals surface area contributed by atoms with Crippen molar-refractivity contribution in [2.75, 3.05) is 0 Å². The molecular weight excluding hydrogens is 288 g/mol. The summed E-state index contributed by atoms with van der Waals surface area (Å²) in [5, 5.41) is 1.07. The predicted molar refractivity (Wildman–Crippen MR) is 90.7 cm³/mol. The van der Waals surface area contributed by atoms with Crippen LogP contribution in [0.2, 0.25) is 48.6 Å². The van der Waals surface area contributed by atoms with Crippen LogP contribution in [-0.2, 0) is 0 Å². The summed E-state index contributed by atoms with van der Waals surface area (Å²) in [6, 6.07) is 1.92. The summed E-state index contributed by atoms with van der Waals surface area (Å²) < 4.78 is 0. The van der Waals surface area contributed by atoms with Crippen molar-refractivity contribution in [1.29, 1.82) is 0 Å². The molecule has 0 fully saturated rings. The van der Waals surface area contributed by atoms with Gasteiger partial charge in [0, 0.05) is 16.6 Å². The third kappa shape index (κ3) is 4.41. The Hall–Kier alpha value is 0.788. The third-order valence-corrected chi connectivity index (χ3v) is 30.0. The molecule has 2 N–H and O–H groups in total. The number of hydrogen-bond acceptors (Lipinski definition) is 2. The van der Waals surface area contributed by atoms with Crippen molar-refractivity contribution in [3.8, 4) is 0 Å². The number of rotatable bonds is 7. The van der Waals surface area contributed by atoms with E-state index >= 15 is 0 Å². The highest BCUT2D eigenvalue weighted by Crippen LogP contribution is 2.33. The van der Waals surface area contributed by atoms with Gasteiger partial charge < -0.3 is 9.59 Å². The molecule has 0 aliphatic heterocycles. The summed E-state index contributed by atoms with van der Waals surface area (Å²) in [4.78, 5) is 21.2. The van der Waals surface area contributed by atoms with Gasteiger partial charge >= 0.3 is 0 Å². The second-order valence-electron chi connectivity index (χ2n) is 6.23. The average Bonchev–Trinajstić information content (AvgIpc) is 2.34. The van der Waals surface area contributed by atoms with Gasteiger partial charge in [0.25, 0.3) is 0 Å². The molecule has 4 atom stereocenters. The van der Waals surface area contributed by atoms with E-state index in [1.165, 1.54) is 0 Å². The van der Waals surface area contributed by atoms with Crippen LogP contribution in [0.25, 0.3) is 0 Å². The van der Waals surface area contributed by atoms with Crippen LogP contribution in [0.5, 0.6) is 0 Å². The third-order valence-electron chi connectivity index (χ3n) is 5.22. The molecule has 0 amide bonds. The first-order valence-electron chi connectivity index (χ1n) is 7.13. The molecule has 6 heteroatoms. The van der Waals surface area contributed by atoms with Crippen molar-refractivity contribution in [2.24, 2.45) is 0 Å². The summed E-state index contributed by atoms with van der Waals surface area (Å²) >= 11 is 0. The first-order valence-corrected chi connectivity index (χ1v) is 17.7. The fourth-order valence-corrected chi connectivity index (χ4v) is 27.3. The van der Waals surface area contributed by atoms with Crippen molar-refractivity contribution in [2.45, 2.75) is 76.3 Å². The lowest BCUT2D eigenvalue weighted by molar-refractivity contribution is 0.532. The van der Waals surface area contributed by atoms with Crippen molar-refractivity contribution in [1.82, 2.24) is 0 Å². The molecule has 0 aliphatic carbocycles. The van der Waals surface area contributed by atoms with E-state index in [-0.39, 0.29) is 0 Å². The standard InChI is InChI=1S/C12H32O2Si4/c1-9-17(7,13)11(3)15(5)16(6)12(4)18(8,14)10-2/h11-14H,9-10H2,1-8H3. The quantitative estimate of drug-likeness (QED) is 0.706. The lowest BCUT2D eigenvalue weighted by Crippen LogP contribution is -2.53. The highest BCUT2D eigenvalue weighted by atomic mass is 29.2. The Kier molecular flexibility index (Phi) is 7.29. The van der Waals surface area contributed by atoms with E-state index in [0.717, 1.165) is 12.1 Å². The predicted octanol–water partition coefficient (Wildman–Crippen LogP) is 3.35. The van der Waals surface area contributed by atoms with Gasteiger partial charge in [0.05, 0.1) is 0 Å². The molecule has 0 bridgehead atoms. The molecule has 0 aromatic rings. The zero-order valence-electron chi connectivity index (χ0n) is 13.5. The Labute approximate surface area is 119 Å². The maximum atomic E-state index is 10.6. The van der Waals surface area contributed by atoms with Gasteiger partial charge in [-0.25, -0.2) is 0 Å². The van der Waals surface area contributed by atoms with E-state index < -0.39 is 33.3 Å². The van der Waals surface area contributed by atoms with Crippen molar-refractivity contribution in [3.63, 3.8) is 0 Å². The van der Waals surface area contributed by atoms with Gasteiger partial charge in [0.15, 0.2) is 16.6 Å². The molecule has 2 radical (unpaired) electrons. The van der Waals surface area contributed by atoms with Crippen LogP contribution in [-0.4, -0.2) is 42.9 Å². The Morgan fingerprint density at radius 2 is 1.06 bits per heavy atom. The van der Waals surface area contributed by atoms with Crippen LogP contribution < -0.4 is 0 Å². The fourth-order valence-electron chi connectivity index (χ4n) is 2.23. The minimum atomic E-state index is -2.02. The number of hydrogen-bond donors (Lipinski definition) is 2. The molecule has 0 spiro atoms. The summed E-state index contributed by atoms with van der Waals surface area (Å²) in [7, 11) is -5.07. The van der Waals surface area contributed by atoms with Crippen LogP contribution in [0.1, 0.15) is 27.7 Å². The molecule has 0 rings (SSSR count). The highest BCUT2D eigenvalue weighted by Gasteiger charge is 2.42. The van der Waals surface area contributed by atoms with Crippen molar-refractivity contribution in [3.05, 3.63) is 0 Å². The van der Waals surface area contributed by atoms with E-state index in [1.807, 2.05) is 0 Å². The molecule has 0 heterocycles. The molecule has 0 saturated heterocycles. The molecular formula is C12H32O2Si4. The van der Waals surface area contributed by atoms with Gasteiger partial charge in [-0.15, -0.1) is 0 Å². The van der Waals surface area contributed by atoms with Crippen LogP contribution in [0.15, 0.2) is 0 Å². The topological polar surface area (TPSA) is 40.5 Å². The van der Waals surface area contributed by atoms with Gasteiger partial charge in [0.1, 0.15) is 0 Å². The zero-order valence-corrected chi connectivity index (χ0v) is 17.5. The molecule has 4 unspecified atom stereocenters. The molecule has 0 saturated carbocycles. The largest absolute Gasteiger partial charge is 0.432 e. The lowest BCUT2D eigenvalue weighted by Gasteiger charge is -2.38. The van der Waals surface area contributed by atoms with Crippen molar-refractivity contribution >= 4 is 33.3 Å². The van der Waals surface area contributed by atoms with Crippen LogP contribution in [0.3, 0.4) is 0 Å². The first-order chi connectivity index (χ1) is 8.01. The second-order valence-corrected chi connectivity index (χ2v) is 25.2. The Morgan fingerprint density at radius 1 is 0.833 bits per heavy atom. The molecule has 0 aliphatic rings. The Morgan fingerprint density at radius 3 is 1.22 bits per heavy atom. The van der Waals surface area contributed by atoms with E-state index in [9.17, 15) is 9.59 Å². The zero-order chi connectivity index (χ0) is 14.7. The second kappa shape index (κ2) is 6.99. The van der Waals surface area contributed by atoms with Gasteiger partial charge in [0.2, 0.25) is 0 Å². The Bertz CT molecular complexity index is 232. The maximum Gasteiger partial charge on any atom is 0.185 e. The molecule has 0 aromatic heterocycles. The lowest BCUT2D eigenvalue weighted by atomic mass is 10.9. The van der Waals surface area contributed by atoms with E-state index in [4.69, 9.17) is 0 Å². The van der Waals surface area contributed by atoms with E-state index in [0.29, 0.717) is 10.3 Å². The SMILES string of the molecule is CC[Si](C)(O)C(C)[Si](C)[Si](C)C(C)[Si](C)(O)CC. The average molecular weight is 321 g/mol. The molecule has 108 valence electrons. The summed E-state index contributed by atoms with van der Waals surface area (Å²) in [5.74, 6) is 0. The molecule has 0 aromatic carbocycles. The highest BCUT2D eigenvalue weighted by molar-refractivity contribution is 7.28. The van der Waals surface area contributed by atoms with Gasteiger partial charge in [-0.1, -0.05) is 40.8 Å². The van der Waals surface area contributed by atoms with Gasteiger partial charge in [-0.3, -0.25) is 0 Å². The maximum absolute atomic E-state index is 10.6. The van der Waals surface area contributed by atoms with Crippen LogP contribution in [0.4, 0.5) is 0 Å². The minimum absolute atomic E-state index is 0.517. The normalized spacial score (nSPS) is 22.7. The molecule has 18 heavy (non-hydrogen) atoms. The van der Waals surface area contributed by atoms with Crippen LogP contribution >= 0.6 is 0 Å². The summed E-state index contributed by atoms with van der Waals surface area (Å²) in [6.07, 6.45) is 0.